The van der Waals surface area contributed by atoms with Crippen molar-refractivity contribution in [2.24, 2.45) is 0 Å². The maximum atomic E-state index is 12.1. The van der Waals surface area contributed by atoms with Crippen LogP contribution in [0.5, 0.6) is 0 Å². The van der Waals surface area contributed by atoms with E-state index in [1.54, 1.807) is 35.0 Å². The monoisotopic (exact) mass is 299 g/mol. The maximum absolute atomic E-state index is 12.1. The molecule has 0 saturated heterocycles. The molecule has 22 heavy (non-hydrogen) atoms. The first-order valence-electron chi connectivity index (χ1n) is 6.77. The molecule has 0 atom stereocenters. The molecule has 0 spiro atoms. The Morgan fingerprint density at radius 3 is 2.64 bits per heavy atom. The smallest absolute Gasteiger partial charge is 0.231 e. The predicted molar refractivity (Wildman–Crippen MR) is 82.9 cm³/mol. The summed E-state index contributed by atoms with van der Waals surface area (Å²) in [7, 11) is 1.72. The van der Waals surface area contributed by atoms with E-state index in [-0.39, 0.29) is 16.8 Å². The second kappa shape index (κ2) is 5.28. The topological polar surface area (TPSA) is 84.7 Å². The van der Waals surface area contributed by atoms with Gasteiger partial charge in [0.15, 0.2) is 0 Å². The molecule has 1 aliphatic heterocycles. The van der Waals surface area contributed by atoms with Gasteiger partial charge in [-0.25, -0.2) is 4.68 Å². The van der Waals surface area contributed by atoms with Gasteiger partial charge in [-0.3, -0.25) is 14.9 Å². The summed E-state index contributed by atoms with van der Waals surface area (Å²) >= 11 is 0. The van der Waals surface area contributed by atoms with Gasteiger partial charge in [0.2, 0.25) is 5.91 Å². The van der Waals surface area contributed by atoms with Crippen LogP contribution in [0.25, 0.3) is 11.3 Å². The summed E-state index contributed by atoms with van der Waals surface area (Å²) in [6.45, 7) is 1.95. The average Bonchev–Trinajstić information content (AvgIpc) is 2.92. The van der Waals surface area contributed by atoms with Crippen LogP contribution in [0.3, 0.4) is 0 Å². The lowest BCUT2D eigenvalue weighted by Gasteiger charge is -2.22. The number of carbonyl (C=O) groups excluding carboxylic acids is 1. The average molecular weight is 299 g/mol. The number of amides is 1. The van der Waals surface area contributed by atoms with E-state index < -0.39 is 0 Å². The molecule has 2 aromatic rings. The number of rotatable bonds is 2. The number of benzene rings is 1. The minimum Gasteiger partial charge on any atom is -0.733 e. The quantitative estimate of drug-likeness (QED) is 0.860. The van der Waals surface area contributed by atoms with E-state index in [1.807, 2.05) is 13.0 Å². The van der Waals surface area contributed by atoms with E-state index in [4.69, 9.17) is 5.21 Å². The first kappa shape index (κ1) is 14.3. The van der Waals surface area contributed by atoms with Crippen LogP contribution < -0.4 is 10.1 Å². The molecule has 7 heteroatoms. The van der Waals surface area contributed by atoms with Gasteiger partial charge in [0.05, 0.1) is 17.6 Å². The molecule has 0 fully saturated rings. The summed E-state index contributed by atoms with van der Waals surface area (Å²) in [5.74, 6) is 0.671. The first-order valence-corrected chi connectivity index (χ1v) is 6.77. The summed E-state index contributed by atoms with van der Waals surface area (Å²) < 4.78 is 1.65. The third-order valence-electron chi connectivity index (χ3n) is 3.76. The first-order chi connectivity index (χ1) is 10.5. The van der Waals surface area contributed by atoms with Crippen molar-refractivity contribution in [3.05, 3.63) is 47.3 Å². The molecular weight excluding hydrogens is 284 g/mol. The van der Waals surface area contributed by atoms with Crippen LogP contribution in [-0.4, -0.2) is 27.9 Å². The largest absolute Gasteiger partial charge is 0.733 e. The fourth-order valence-corrected chi connectivity index (χ4v) is 2.46. The lowest BCUT2D eigenvalue weighted by molar-refractivity contribution is -0.117. The van der Waals surface area contributed by atoms with Gasteiger partial charge in [-0.05, 0) is 36.8 Å². The number of carbonyl (C=O) groups is 1. The zero-order chi connectivity index (χ0) is 15.9. The molecular formula is C15H15N4O3-. The van der Waals surface area contributed by atoms with Gasteiger partial charge < -0.3 is 10.4 Å². The van der Waals surface area contributed by atoms with Crippen LogP contribution in [0.4, 0.5) is 11.5 Å². The highest BCUT2D eigenvalue weighted by atomic mass is 16.8. The van der Waals surface area contributed by atoms with E-state index in [1.165, 1.54) is 12.1 Å². The molecule has 1 N–H and O–H groups in total. The Hall–Kier alpha value is -2.64. The molecule has 0 unspecified atom stereocenters. The third-order valence-corrected chi connectivity index (χ3v) is 3.76. The third kappa shape index (κ3) is 2.26. The van der Waals surface area contributed by atoms with E-state index >= 15 is 0 Å². The van der Waals surface area contributed by atoms with E-state index in [9.17, 15) is 10.0 Å². The summed E-state index contributed by atoms with van der Waals surface area (Å²) in [4.78, 5) is 13.7. The number of hydrogen-bond donors (Lipinski definition) is 1. The summed E-state index contributed by atoms with van der Waals surface area (Å²) in [6, 6.07) is 6.28. The molecule has 0 aliphatic carbocycles. The normalized spacial score (nSPS) is 14.5. The fraction of sp³-hybridized carbons (Fsp3) is 0.200. The number of hydrogen-bond acceptors (Lipinski definition) is 5. The van der Waals surface area contributed by atoms with Crippen molar-refractivity contribution < 1.29 is 10.0 Å². The highest BCUT2D eigenvalue weighted by molar-refractivity contribution is 5.98. The number of allylic oxidation sites excluding steroid dienone is 1. The van der Waals surface area contributed by atoms with Crippen molar-refractivity contribution in [1.29, 1.82) is 0 Å². The Labute approximate surface area is 127 Å². The van der Waals surface area contributed by atoms with Gasteiger partial charge in [0.1, 0.15) is 5.82 Å². The zero-order valence-corrected chi connectivity index (χ0v) is 12.2. The van der Waals surface area contributed by atoms with Gasteiger partial charge in [0.25, 0.3) is 0 Å². The Morgan fingerprint density at radius 2 is 2.00 bits per heavy atom. The van der Waals surface area contributed by atoms with Crippen LogP contribution in [-0.2, 0) is 4.79 Å². The fourth-order valence-electron chi connectivity index (χ4n) is 2.46. The van der Waals surface area contributed by atoms with Gasteiger partial charge in [-0.15, -0.1) is 0 Å². The molecule has 1 aromatic heterocycles. The second-order valence-electron chi connectivity index (χ2n) is 5.13. The van der Waals surface area contributed by atoms with Crippen LogP contribution in [0.15, 0.2) is 36.5 Å². The molecule has 2 heterocycles. The predicted octanol–water partition coefficient (Wildman–Crippen LogP) is 2.34. The van der Waals surface area contributed by atoms with Gasteiger partial charge in [0, 0.05) is 19.0 Å². The number of anilines is 2. The van der Waals surface area contributed by atoms with E-state index in [0.717, 1.165) is 11.1 Å². The van der Waals surface area contributed by atoms with Gasteiger partial charge in [-0.1, -0.05) is 6.08 Å². The maximum Gasteiger partial charge on any atom is 0.231 e. The Morgan fingerprint density at radius 1 is 1.32 bits per heavy atom. The zero-order valence-electron chi connectivity index (χ0n) is 12.2. The van der Waals surface area contributed by atoms with E-state index in [2.05, 4.69) is 5.10 Å². The van der Waals surface area contributed by atoms with Crippen LogP contribution in [0.2, 0.25) is 0 Å². The molecule has 1 aromatic carbocycles. The summed E-state index contributed by atoms with van der Waals surface area (Å²) in [6.07, 6.45) is 3.96. The molecule has 114 valence electrons. The molecule has 0 radical (unpaired) electrons. The van der Waals surface area contributed by atoms with Crippen LogP contribution in [0.1, 0.15) is 18.9 Å². The van der Waals surface area contributed by atoms with Gasteiger partial charge >= 0.3 is 0 Å². The number of fused-ring (bicyclic) bond motifs is 1. The van der Waals surface area contributed by atoms with Crippen molar-refractivity contribution in [2.75, 3.05) is 17.2 Å². The highest BCUT2D eigenvalue weighted by Gasteiger charge is 2.24. The summed E-state index contributed by atoms with van der Waals surface area (Å²) in [5, 5.41) is 23.9. The number of aromatic nitrogens is 2. The molecule has 7 nitrogen and oxygen atoms in total. The Kier molecular flexibility index (Phi) is 3.44. The molecule has 1 aliphatic rings. The van der Waals surface area contributed by atoms with Crippen molar-refractivity contribution in [1.82, 2.24) is 9.78 Å². The number of nitrogens with zero attached hydrogens (tertiary/aromatic N) is 4. The SMILES string of the molecule is CC1=CCC(=O)N(C)c2c1cnn2-c1ccc(N([O-])O)cc1. The van der Waals surface area contributed by atoms with Crippen molar-refractivity contribution in [3.8, 4) is 5.69 Å². The van der Waals surface area contributed by atoms with Crippen LogP contribution >= 0.6 is 0 Å². The molecule has 3 rings (SSSR count). The highest BCUT2D eigenvalue weighted by Crippen LogP contribution is 2.32. The minimum absolute atomic E-state index is 0.0161. The van der Waals surface area contributed by atoms with Crippen LogP contribution in [0, 0.1) is 5.21 Å². The lowest BCUT2D eigenvalue weighted by Crippen LogP contribution is -2.27. The van der Waals surface area contributed by atoms with Crippen molar-refractivity contribution in [3.63, 3.8) is 0 Å². The molecule has 0 saturated carbocycles. The second-order valence-corrected chi connectivity index (χ2v) is 5.13. The Balaban J connectivity index is 2.10. The Bertz CT molecular complexity index is 747. The molecule has 1 amide bonds. The lowest BCUT2D eigenvalue weighted by atomic mass is 10.1. The summed E-state index contributed by atoms with van der Waals surface area (Å²) in [5.41, 5.74) is 2.71. The van der Waals surface area contributed by atoms with E-state index in [0.29, 0.717) is 17.9 Å². The van der Waals surface area contributed by atoms with Crippen molar-refractivity contribution in [2.45, 2.75) is 13.3 Å². The minimum atomic E-state index is -0.198. The van der Waals surface area contributed by atoms with Gasteiger partial charge in [-0.2, -0.15) is 5.10 Å². The van der Waals surface area contributed by atoms with Crippen molar-refractivity contribution >= 4 is 23.0 Å². The standard InChI is InChI=1S/C15H15N4O3/c1-10-3-8-14(20)17(2)15-13(10)9-16-18(15)11-4-6-12(7-5-11)19(21)22/h3-7,9,21H,8H2,1-2H3/q-1. The molecule has 0 bridgehead atoms.